The van der Waals surface area contributed by atoms with Gasteiger partial charge in [0.05, 0.1) is 12.2 Å². The molecule has 1 fully saturated rings. The van der Waals surface area contributed by atoms with E-state index in [0.29, 0.717) is 6.61 Å². The molecule has 0 aromatic rings. The first-order valence-corrected chi connectivity index (χ1v) is 3.97. The Morgan fingerprint density at radius 1 is 1.67 bits per heavy atom. The van der Waals surface area contributed by atoms with Crippen LogP contribution >= 0.6 is 0 Å². The Bertz CT molecular complexity index is 186. The largest absolute Gasteiger partial charge is 0.369 e. The molecule has 0 N–H and O–H groups in total. The van der Waals surface area contributed by atoms with Crippen LogP contribution in [0.25, 0.3) is 0 Å². The fourth-order valence-corrected chi connectivity index (χ4v) is 1.14. The van der Waals surface area contributed by atoms with E-state index in [1.165, 1.54) is 0 Å². The number of rotatable bonds is 5. The lowest BCUT2D eigenvalue weighted by molar-refractivity contribution is -0.108. The predicted octanol–water partition coefficient (Wildman–Crippen LogP) is 0.934. The van der Waals surface area contributed by atoms with Crippen LogP contribution in [0, 0.1) is 0 Å². The predicted molar refractivity (Wildman–Crippen MR) is 45.0 cm³/mol. The van der Waals surface area contributed by atoms with Gasteiger partial charge in [0, 0.05) is 0 Å². The van der Waals surface area contributed by atoms with Gasteiger partial charge in [-0.15, -0.1) is 6.58 Å². The molecule has 68 valence electrons. The zero-order chi connectivity index (χ0) is 9.19. The Balaban J connectivity index is 2.38. The highest BCUT2D eigenvalue weighted by Crippen LogP contribution is 2.33. The van der Waals surface area contributed by atoms with Crippen molar-refractivity contribution in [3.05, 3.63) is 12.7 Å². The van der Waals surface area contributed by atoms with Gasteiger partial charge in [0.2, 0.25) is 0 Å². The highest BCUT2D eigenvalue weighted by Gasteiger charge is 2.50. The average molecular weight is 170 g/mol. The SMILES string of the molecule is C=CCOC(C)(C)[C@H]1O[C@@H]1C=O. The number of hydrogen-bond acceptors (Lipinski definition) is 3. The van der Waals surface area contributed by atoms with Crippen molar-refractivity contribution in [3.8, 4) is 0 Å². The lowest BCUT2D eigenvalue weighted by Gasteiger charge is -2.21. The molecule has 1 heterocycles. The van der Waals surface area contributed by atoms with Crippen LogP contribution in [0.15, 0.2) is 12.7 Å². The molecular weight excluding hydrogens is 156 g/mol. The van der Waals surface area contributed by atoms with Crippen LogP contribution in [0.1, 0.15) is 13.8 Å². The second kappa shape index (κ2) is 3.37. The van der Waals surface area contributed by atoms with Crippen molar-refractivity contribution in [1.82, 2.24) is 0 Å². The molecule has 0 aliphatic carbocycles. The number of epoxide rings is 1. The van der Waals surface area contributed by atoms with E-state index in [1.54, 1.807) is 6.08 Å². The maximum atomic E-state index is 10.3. The van der Waals surface area contributed by atoms with Crippen molar-refractivity contribution in [2.75, 3.05) is 6.61 Å². The fourth-order valence-electron chi connectivity index (χ4n) is 1.14. The van der Waals surface area contributed by atoms with E-state index in [-0.39, 0.29) is 17.8 Å². The minimum atomic E-state index is -0.389. The normalized spacial score (nSPS) is 28.2. The van der Waals surface area contributed by atoms with E-state index < -0.39 is 0 Å². The first-order valence-electron chi connectivity index (χ1n) is 3.97. The third-order valence-electron chi connectivity index (χ3n) is 1.92. The minimum absolute atomic E-state index is 0.0880. The molecule has 0 aromatic carbocycles. The molecule has 0 amide bonds. The Morgan fingerprint density at radius 2 is 2.33 bits per heavy atom. The van der Waals surface area contributed by atoms with Crippen LogP contribution in [0.4, 0.5) is 0 Å². The molecule has 0 unspecified atom stereocenters. The molecule has 0 saturated carbocycles. The number of carbonyl (C=O) groups excluding carboxylic acids is 1. The van der Waals surface area contributed by atoms with Crippen LogP contribution in [-0.4, -0.2) is 30.7 Å². The molecule has 0 aromatic heterocycles. The Kier molecular flexibility index (Phi) is 2.65. The molecule has 1 saturated heterocycles. The molecule has 12 heavy (non-hydrogen) atoms. The van der Waals surface area contributed by atoms with Crippen LogP contribution in [0.5, 0.6) is 0 Å². The molecule has 1 aliphatic heterocycles. The van der Waals surface area contributed by atoms with Gasteiger partial charge in [-0.3, -0.25) is 0 Å². The highest BCUT2D eigenvalue weighted by atomic mass is 16.6. The maximum Gasteiger partial charge on any atom is 0.151 e. The topological polar surface area (TPSA) is 38.8 Å². The summed E-state index contributed by atoms with van der Waals surface area (Å²) in [6, 6.07) is 0. The Hall–Kier alpha value is -0.670. The summed E-state index contributed by atoms with van der Waals surface area (Å²) in [6.45, 7) is 7.85. The lowest BCUT2D eigenvalue weighted by atomic mass is 10.0. The van der Waals surface area contributed by atoms with E-state index in [2.05, 4.69) is 6.58 Å². The van der Waals surface area contributed by atoms with Gasteiger partial charge < -0.3 is 14.3 Å². The summed E-state index contributed by atoms with van der Waals surface area (Å²) < 4.78 is 10.5. The molecule has 2 atom stereocenters. The van der Waals surface area contributed by atoms with Gasteiger partial charge in [0.15, 0.2) is 6.29 Å². The van der Waals surface area contributed by atoms with Crippen molar-refractivity contribution in [1.29, 1.82) is 0 Å². The molecule has 0 bridgehead atoms. The molecule has 3 heteroatoms. The zero-order valence-corrected chi connectivity index (χ0v) is 7.45. The summed E-state index contributed by atoms with van der Waals surface area (Å²) in [7, 11) is 0. The van der Waals surface area contributed by atoms with Gasteiger partial charge in [-0.1, -0.05) is 6.08 Å². The van der Waals surface area contributed by atoms with Crippen molar-refractivity contribution in [3.63, 3.8) is 0 Å². The van der Waals surface area contributed by atoms with E-state index in [0.717, 1.165) is 6.29 Å². The second-order valence-electron chi connectivity index (χ2n) is 3.36. The molecule has 1 rings (SSSR count). The first-order chi connectivity index (χ1) is 5.61. The van der Waals surface area contributed by atoms with Crippen LogP contribution in [0.3, 0.4) is 0 Å². The van der Waals surface area contributed by atoms with Gasteiger partial charge in [0.25, 0.3) is 0 Å². The third kappa shape index (κ3) is 1.93. The number of ether oxygens (including phenoxy) is 2. The zero-order valence-electron chi connectivity index (χ0n) is 7.45. The van der Waals surface area contributed by atoms with Crippen molar-refractivity contribution >= 4 is 6.29 Å². The Morgan fingerprint density at radius 3 is 2.75 bits per heavy atom. The highest BCUT2D eigenvalue weighted by molar-refractivity contribution is 5.61. The molecule has 0 spiro atoms. The summed E-state index contributed by atoms with van der Waals surface area (Å²) in [5.74, 6) is 0. The fraction of sp³-hybridized carbons (Fsp3) is 0.667. The molecule has 0 radical (unpaired) electrons. The Labute approximate surface area is 72.4 Å². The van der Waals surface area contributed by atoms with E-state index in [1.807, 2.05) is 13.8 Å². The maximum absolute atomic E-state index is 10.3. The smallest absolute Gasteiger partial charge is 0.151 e. The molecule has 1 aliphatic rings. The first kappa shape index (κ1) is 9.42. The van der Waals surface area contributed by atoms with Gasteiger partial charge in [-0.05, 0) is 13.8 Å². The summed E-state index contributed by atoms with van der Waals surface area (Å²) in [5, 5.41) is 0. The van der Waals surface area contributed by atoms with E-state index in [9.17, 15) is 4.79 Å². The van der Waals surface area contributed by atoms with Crippen LogP contribution in [-0.2, 0) is 14.3 Å². The van der Waals surface area contributed by atoms with E-state index in [4.69, 9.17) is 9.47 Å². The quantitative estimate of drug-likeness (QED) is 0.350. The third-order valence-corrected chi connectivity index (χ3v) is 1.92. The number of carbonyl (C=O) groups is 1. The molecule has 3 nitrogen and oxygen atoms in total. The standard InChI is InChI=1S/C9H14O3/c1-4-5-11-9(2,3)8-7(6-10)12-8/h4,6-8H,1,5H2,2-3H3/t7-,8+/m1/s1. The average Bonchev–Trinajstić information content (AvgIpc) is 2.80. The van der Waals surface area contributed by atoms with Crippen LogP contribution < -0.4 is 0 Å². The van der Waals surface area contributed by atoms with Gasteiger partial charge >= 0.3 is 0 Å². The van der Waals surface area contributed by atoms with Gasteiger partial charge in [-0.25, -0.2) is 0 Å². The minimum Gasteiger partial charge on any atom is -0.369 e. The van der Waals surface area contributed by atoms with E-state index >= 15 is 0 Å². The van der Waals surface area contributed by atoms with Gasteiger partial charge in [-0.2, -0.15) is 0 Å². The number of hydrogen-bond donors (Lipinski definition) is 0. The second-order valence-corrected chi connectivity index (χ2v) is 3.36. The van der Waals surface area contributed by atoms with Crippen molar-refractivity contribution < 1.29 is 14.3 Å². The summed E-state index contributed by atoms with van der Waals surface area (Å²) in [5.41, 5.74) is -0.389. The molecular formula is C9H14O3. The summed E-state index contributed by atoms with van der Waals surface area (Å²) in [4.78, 5) is 10.3. The summed E-state index contributed by atoms with van der Waals surface area (Å²) >= 11 is 0. The van der Waals surface area contributed by atoms with Crippen molar-refractivity contribution in [2.24, 2.45) is 0 Å². The lowest BCUT2D eigenvalue weighted by Crippen LogP contribution is -2.33. The monoisotopic (exact) mass is 170 g/mol. The number of aldehydes is 1. The van der Waals surface area contributed by atoms with Crippen molar-refractivity contribution in [2.45, 2.75) is 31.7 Å². The van der Waals surface area contributed by atoms with Gasteiger partial charge in [0.1, 0.15) is 12.2 Å². The summed E-state index contributed by atoms with van der Waals surface area (Å²) in [6.07, 6.45) is 2.13. The van der Waals surface area contributed by atoms with Crippen LogP contribution in [0.2, 0.25) is 0 Å².